The molecule has 136 valence electrons. The minimum Gasteiger partial charge on any atom is -0.481 e. The summed E-state index contributed by atoms with van der Waals surface area (Å²) in [5, 5.41) is 11.5. The lowest BCUT2D eigenvalue weighted by atomic mass is 10.1. The lowest BCUT2D eigenvalue weighted by Gasteiger charge is -2.05. The van der Waals surface area contributed by atoms with Crippen LogP contribution in [0.1, 0.15) is 103 Å². The van der Waals surface area contributed by atoms with E-state index in [0.29, 0.717) is 12.8 Å². The first-order chi connectivity index (χ1) is 11.2. The number of carbonyl (C=O) groups is 2. The lowest BCUT2D eigenvalue weighted by molar-refractivity contribution is -0.137. The van der Waals surface area contributed by atoms with Crippen LogP contribution in [0.4, 0.5) is 0 Å². The summed E-state index contributed by atoms with van der Waals surface area (Å²) in [6, 6.07) is 0. The Labute approximate surface area is 142 Å². The van der Waals surface area contributed by atoms with E-state index in [1.54, 1.807) is 0 Å². The minimum atomic E-state index is -0.697. The Balaban J connectivity index is 3.17. The zero-order valence-corrected chi connectivity index (χ0v) is 15.1. The van der Waals surface area contributed by atoms with E-state index in [1.165, 1.54) is 32.1 Å². The Morgan fingerprint density at radius 3 is 1.74 bits per heavy atom. The fraction of sp³-hybridized carbons (Fsp3) is 0.895. The van der Waals surface area contributed by atoms with Crippen molar-refractivity contribution in [2.45, 2.75) is 103 Å². The highest BCUT2D eigenvalue weighted by Crippen LogP contribution is 2.10. The van der Waals surface area contributed by atoms with Crippen molar-refractivity contribution >= 4 is 11.9 Å². The molecule has 0 spiro atoms. The maximum atomic E-state index is 11.6. The maximum absolute atomic E-state index is 11.6. The molecule has 0 saturated heterocycles. The molecule has 0 heterocycles. The third kappa shape index (κ3) is 18.9. The molecule has 0 aliphatic heterocycles. The standard InChI is InChI=1S/C19H37NO3/c1-2-3-4-5-11-14-17-20-18(21)15-12-9-7-6-8-10-13-16-19(22)23/h2-17H2,1H3,(H,20,21)(H,22,23). The van der Waals surface area contributed by atoms with E-state index in [9.17, 15) is 9.59 Å². The summed E-state index contributed by atoms with van der Waals surface area (Å²) in [7, 11) is 0. The molecule has 0 rings (SSSR count). The number of amides is 1. The van der Waals surface area contributed by atoms with E-state index in [4.69, 9.17) is 5.11 Å². The highest BCUT2D eigenvalue weighted by Gasteiger charge is 2.01. The van der Waals surface area contributed by atoms with Gasteiger partial charge in [-0.2, -0.15) is 0 Å². The van der Waals surface area contributed by atoms with E-state index in [0.717, 1.165) is 57.9 Å². The predicted octanol–water partition coefficient (Wildman–Crippen LogP) is 5.06. The van der Waals surface area contributed by atoms with Crippen LogP contribution in [0.25, 0.3) is 0 Å². The average Bonchev–Trinajstić information content (AvgIpc) is 2.52. The van der Waals surface area contributed by atoms with Gasteiger partial charge >= 0.3 is 5.97 Å². The van der Waals surface area contributed by atoms with Crippen molar-refractivity contribution in [3.05, 3.63) is 0 Å². The Bertz CT molecular complexity index is 292. The van der Waals surface area contributed by atoms with E-state index >= 15 is 0 Å². The van der Waals surface area contributed by atoms with Crippen molar-refractivity contribution in [1.82, 2.24) is 5.32 Å². The van der Waals surface area contributed by atoms with Crippen molar-refractivity contribution < 1.29 is 14.7 Å². The number of carbonyl (C=O) groups excluding carboxylic acids is 1. The molecule has 4 nitrogen and oxygen atoms in total. The summed E-state index contributed by atoms with van der Waals surface area (Å²) in [6.07, 6.45) is 15.7. The van der Waals surface area contributed by atoms with Gasteiger partial charge in [-0.05, 0) is 19.3 Å². The summed E-state index contributed by atoms with van der Waals surface area (Å²) < 4.78 is 0. The molecule has 4 heteroatoms. The number of rotatable bonds is 17. The average molecular weight is 328 g/mol. The lowest BCUT2D eigenvalue weighted by Crippen LogP contribution is -2.23. The smallest absolute Gasteiger partial charge is 0.303 e. The van der Waals surface area contributed by atoms with Crippen molar-refractivity contribution in [3.63, 3.8) is 0 Å². The van der Waals surface area contributed by atoms with Crippen LogP contribution < -0.4 is 5.32 Å². The summed E-state index contributed by atoms with van der Waals surface area (Å²) in [6.45, 7) is 3.05. The number of hydrogen-bond acceptors (Lipinski definition) is 2. The molecule has 0 bridgehead atoms. The molecule has 2 N–H and O–H groups in total. The van der Waals surface area contributed by atoms with E-state index in [1.807, 2.05) is 0 Å². The highest BCUT2D eigenvalue weighted by atomic mass is 16.4. The van der Waals surface area contributed by atoms with Gasteiger partial charge in [0.1, 0.15) is 0 Å². The van der Waals surface area contributed by atoms with Crippen molar-refractivity contribution in [1.29, 1.82) is 0 Å². The number of unbranched alkanes of at least 4 members (excludes halogenated alkanes) is 11. The number of carboxylic acids is 1. The van der Waals surface area contributed by atoms with Gasteiger partial charge in [-0.15, -0.1) is 0 Å². The van der Waals surface area contributed by atoms with Gasteiger partial charge in [0.05, 0.1) is 0 Å². The van der Waals surface area contributed by atoms with Gasteiger partial charge in [-0.25, -0.2) is 0 Å². The van der Waals surface area contributed by atoms with Crippen LogP contribution in [0.5, 0.6) is 0 Å². The molecular weight excluding hydrogens is 290 g/mol. The van der Waals surface area contributed by atoms with E-state index in [2.05, 4.69) is 12.2 Å². The zero-order valence-electron chi connectivity index (χ0n) is 15.1. The Morgan fingerprint density at radius 1 is 0.696 bits per heavy atom. The van der Waals surface area contributed by atoms with Gasteiger partial charge in [0, 0.05) is 19.4 Å². The van der Waals surface area contributed by atoms with Crippen LogP contribution in [0.15, 0.2) is 0 Å². The summed E-state index contributed by atoms with van der Waals surface area (Å²) in [5.41, 5.74) is 0. The first-order valence-electron chi connectivity index (χ1n) is 9.65. The van der Waals surface area contributed by atoms with Gasteiger partial charge in [0.25, 0.3) is 0 Å². The quantitative estimate of drug-likeness (QED) is 0.367. The van der Waals surface area contributed by atoms with Gasteiger partial charge in [0.2, 0.25) is 5.91 Å². The maximum Gasteiger partial charge on any atom is 0.303 e. The molecule has 0 saturated carbocycles. The fourth-order valence-corrected chi connectivity index (χ4v) is 2.67. The van der Waals surface area contributed by atoms with Gasteiger partial charge in [0.15, 0.2) is 0 Å². The largest absolute Gasteiger partial charge is 0.481 e. The SMILES string of the molecule is CCCCCCCCNC(=O)CCCCCCCCCC(=O)O. The molecular formula is C19H37NO3. The van der Waals surface area contributed by atoms with Crippen LogP contribution in [0, 0.1) is 0 Å². The molecule has 1 amide bonds. The van der Waals surface area contributed by atoms with Gasteiger partial charge in [-0.3, -0.25) is 9.59 Å². The monoisotopic (exact) mass is 327 g/mol. The van der Waals surface area contributed by atoms with Crippen LogP contribution >= 0.6 is 0 Å². The third-order valence-electron chi connectivity index (χ3n) is 4.15. The van der Waals surface area contributed by atoms with Crippen molar-refractivity contribution in [2.75, 3.05) is 6.54 Å². The van der Waals surface area contributed by atoms with Gasteiger partial charge in [-0.1, -0.05) is 71.1 Å². The second-order valence-corrected chi connectivity index (χ2v) is 6.49. The molecule has 0 aromatic heterocycles. The normalized spacial score (nSPS) is 10.7. The number of aliphatic carboxylic acids is 1. The Kier molecular flexibility index (Phi) is 16.5. The minimum absolute atomic E-state index is 0.194. The summed E-state index contributed by atoms with van der Waals surface area (Å²) in [4.78, 5) is 22.0. The topological polar surface area (TPSA) is 66.4 Å². The molecule has 0 atom stereocenters. The second kappa shape index (κ2) is 17.3. The first-order valence-corrected chi connectivity index (χ1v) is 9.65. The number of carboxylic acid groups (broad SMARTS) is 1. The summed E-state index contributed by atoms with van der Waals surface area (Å²) in [5.74, 6) is -0.503. The molecule has 0 unspecified atom stereocenters. The second-order valence-electron chi connectivity index (χ2n) is 6.49. The predicted molar refractivity (Wildman–Crippen MR) is 95.6 cm³/mol. The molecule has 0 aliphatic rings. The Morgan fingerprint density at radius 2 is 1.17 bits per heavy atom. The Hall–Kier alpha value is -1.06. The molecule has 0 fully saturated rings. The van der Waals surface area contributed by atoms with Gasteiger partial charge < -0.3 is 10.4 Å². The highest BCUT2D eigenvalue weighted by molar-refractivity contribution is 5.75. The van der Waals surface area contributed by atoms with Crippen molar-refractivity contribution in [2.24, 2.45) is 0 Å². The molecule has 0 aromatic rings. The zero-order chi connectivity index (χ0) is 17.2. The van der Waals surface area contributed by atoms with Crippen LogP contribution in [0.3, 0.4) is 0 Å². The van der Waals surface area contributed by atoms with E-state index in [-0.39, 0.29) is 5.91 Å². The third-order valence-corrected chi connectivity index (χ3v) is 4.15. The number of nitrogens with one attached hydrogen (secondary N) is 1. The summed E-state index contributed by atoms with van der Waals surface area (Å²) >= 11 is 0. The molecule has 0 aliphatic carbocycles. The first kappa shape index (κ1) is 21.9. The van der Waals surface area contributed by atoms with Crippen molar-refractivity contribution in [3.8, 4) is 0 Å². The fourth-order valence-electron chi connectivity index (χ4n) is 2.67. The van der Waals surface area contributed by atoms with Crippen LogP contribution in [0.2, 0.25) is 0 Å². The number of hydrogen-bond donors (Lipinski definition) is 2. The van der Waals surface area contributed by atoms with E-state index < -0.39 is 5.97 Å². The van der Waals surface area contributed by atoms with Crippen LogP contribution in [-0.4, -0.2) is 23.5 Å². The van der Waals surface area contributed by atoms with Crippen LogP contribution in [-0.2, 0) is 9.59 Å². The molecule has 0 radical (unpaired) electrons. The molecule has 0 aromatic carbocycles. The molecule has 23 heavy (non-hydrogen) atoms.